The number of hydrogen-bond acceptors (Lipinski definition) is 5. The van der Waals surface area contributed by atoms with Crippen LogP contribution < -0.4 is 5.32 Å². The molecular formula is C17H25N3O4. The number of likely N-dealkylation sites (tertiary alicyclic amines) is 2. The van der Waals surface area contributed by atoms with Crippen molar-refractivity contribution < 1.29 is 19.1 Å². The largest absolute Gasteiger partial charge is 0.467 e. The molecule has 3 rings (SSSR count). The fraction of sp³-hybridized carbons (Fsp3) is 0.647. The molecule has 3 heterocycles. The first-order chi connectivity index (χ1) is 11.6. The molecule has 2 aliphatic heterocycles. The van der Waals surface area contributed by atoms with Gasteiger partial charge in [0.25, 0.3) is 0 Å². The lowest BCUT2D eigenvalue weighted by atomic mass is 9.78. The summed E-state index contributed by atoms with van der Waals surface area (Å²) in [5, 5.41) is 12.0. The van der Waals surface area contributed by atoms with Gasteiger partial charge in [0.05, 0.1) is 31.4 Å². The van der Waals surface area contributed by atoms with Gasteiger partial charge < -0.3 is 19.7 Å². The average molecular weight is 335 g/mol. The van der Waals surface area contributed by atoms with E-state index in [1.54, 1.807) is 17.2 Å². The molecule has 1 aromatic rings. The molecule has 1 aromatic heterocycles. The van der Waals surface area contributed by atoms with E-state index in [2.05, 4.69) is 10.2 Å². The van der Waals surface area contributed by atoms with Gasteiger partial charge in [0.1, 0.15) is 5.76 Å². The van der Waals surface area contributed by atoms with E-state index in [4.69, 9.17) is 9.52 Å². The number of nitrogens with zero attached hydrogens (tertiary/aromatic N) is 2. The summed E-state index contributed by atoms with van der Waals surface area (Å²) < 4.78 is 5.19. The smallest absolute Gasteiger partial charge is 0.234 e. The molecule has 1 unspecified atom stereocenters. The third-order valence-electron chi connectivity index (χ3n) is 5.03. The Kier molecular flexibility index (Phi) is 5.20. The van der Waals surface area contributed by atoms with Crippen molar-refractivity contribution in [3.63, 3.8) is 0 Å². The highest BCUT2D eigenvalue weighted by Gasteiger charge is 2.48. The Morgan fingerprint density at radius 1 is 1.38 bits per heavy atom. The van der Waals surface area contributed by atoms with Crippen LogP contribution in [-0.2, 0) is 16.1 Å². The van der Waals surface area contributed by atoms with Crippen LogP contribution in [0.1, 0.15) is 25.0 Å². The van der Waals surface area contributed by atoms with Gasteiger partial charge in [0.2, 0.25) is 11.8 Å². The molecule has 0 aliphatic carbocycles. The second-order valence-electron chi connectivity index (χ2n) is 6.72. The summed E-state index contributed by atoms with van der Waals surface area (Å²) in [5.74, 6) is 0.809. The number of aliphatic hydroxyl groups is 1. The van der Waals surface area contributed by atoms with E-state index in [1.165, 1.54) is 0 Å². The second kappa shape index (κ2) is 7.36. The molecule has 2 aliphatic rings. The van der Waals surface area contributed by atoms with E-state index >= 15 is 0 Å². The molecule has 24 heavy (non-hydrogen) atoms. The van der Waals surface area contributed by atoms with Gasteiger partial charge in [-0.05, 0) is 37.9 Å². The van der Waals surface area contributed by atoms with Crippen molar-refractivity contribution >= 4 is 11.8 Å². The molecule has 1 atom stereocenters. The highest BCUT2D eigenvalue weighted by Crippen LogP contribution is 2.39. The van der Waals surface area contributed by atoms with Crippen molar-refractivity contribution in [1.82, 2.24) is 15.1 Å². The minimum absolute atomic E-state index is 0.000714. The SMILES string of the molecule is O=C(CN1CCC2(CCCN(CCO)C2=O)C1)NCc1ccco1. The van der Waals surface area contributed by atoms with Crippen LogP contribution in [0.4, 0.5) is 0 Å². The fourth-order valence-corrected chi connectivity index (χ4v) is 3.82. The molecule has 0 aromatic carbocycles. The fourth-order valence-electron chi connectivity index (χ4n) is 3.82. The zero-order valence-corrected chi connectivity index (χ0v) is 13.9. The topological polar surface area (TPSA) is 86.0 Å². The first kappa shape index (κ1) is 17.0. The van der Waals surface area contributed by atoms with Crippen LogP contribution in [-0.4, -0.2) is 66.1 Å². The molecule has 0 bridgehead atoms. The highest BCUT2D eigenvalue weighted by atomic mass is 16.3. The number of aliphatic hydroxyl groups excluding tert-OH is 1. The number of piperidine rings is 1. The van der Waals surface area contributed by atoms with Crippen LogP contribution >= 0.6 is 0 Å². The Morgan fingerprint density at radius 2 is 2.25 bits per heavy atom. The van der Waals surface area contributed by atoms with Crippen molar-refractivity contribution in [2.75, 3.05) is 39.3 Å². The predicted molar refractivity (Wildman–Crippen MR) is 86.9 cm³/mol. The number of furan rings is 1. The summed E-state index contributed by atoms with van der Waals surface area (Å²) in [6.07, 6.45) is 4.21. The predicted octanol–water partition coefficient (Wildman–Crippen LogP) is 0.203. The standard InChI is InChI=1S/C17H25N3O4/c21-9-8-20-6-2-4-17(16(20)23)5-7-19(13-17)12-15(22)18-11-14-3-1-10-24-14/h1,3,10,21H,2,4-9,11-13H2,(H,18,22). The quantitative estimate of drug-likeness (QED) is 0.776. The van der Waals surface area contributed by atoms with E-state index in [1.807, 2.05) is 6.07 Å². The number of carbonyl (C=O) groups is 2. The molecule has 2 amide bonds. The summed E-state index contributed by atoms with van der Waals surface area (Å²) in [4.78, 5) is 28.6. The van der Waals surface area contributed by atoms with Crippen LogP contribution in [0, 0.1) is 5.41 Å². The highest BCUT2D eigenvalue weighted by molar-refractivity contribution is 5.84. The lowest BCUT2D eigenvalue weighted by Crippen LogP contribution is -2.51. The Hall–Kier alpha value is -1.86. The number of rotatable bonds is 6. The summed E-state index contributed by atoms with van der Waals surface area (Å²) in [6.45, 7) is 3.20. The molecule has 7 nitrogen and oxygen atoms in total. The zero-order valence-electron chi connectivity index (χ0n) is 13.9. The molecule has 132 valence electrons. The van der Waals surface area contributed by atoms with Gasteiger partial charge in [-0.1, -0.05) is 0 Å². The van der Waals surface area contributed by atoms with E-state index in [-0.39, 0.29) is 23.8 Å². The first-order valence-corrected chi connectivity index (χ1v) is 8.55. The number of hydrogen-bond donors (Lipinski definition) is 2. The van der Waals surface area contributed by atoms with Gasteiger partial charge in [-0.2, -0.15) is 0 Å². The number of amides is 2. The lowest BCUT2D eigenvalue weighted by Gasteiger charge is -2.39. The van der Waals surface area contributed by atoms with Gasteiger partial charge in [0.15, 0.2) is 0 Å². The number of β-amino-alcohol motifs (C(OH)–C–C–N with tert-alkyl or cyclic N) is 1. The molecule has 0 radical (unpaired) electrons. The molecule has 0 saturated carbocycles. The van der Waals surface area contributed by atoms with Gasteiger partial charge in [-0.15, -0.1) is 0 Å². The van der Waals surface area contributed by atoms with Gasteiger partial charge in [-0.25, -0.2) is 0 Å². The molecule has 2 N–H and O–H groups in total. The van der Waals surface area contributed by atoms with Crippen LogP contribution in [0.3, 0.4) is 0 Å². The monoisotopic (exact) mass is 335 g/mol. The minimum Gasteiger partial charge on any atom is -0.467 e. The number of nitrogens with one attached hydrogen (secondary N) is 1. The van der Waals surface area contributed by atoms with Crippen molar-refractivity contribution in [2.45, 2.75) is 25.8 Å². The zero-order chi connectivity index (χ0) is 17.0. The van der Waals surface area contributed by atoms with E-state index in [0.717, 1.165) is 38.1 Å². The van der Waals surface area contributed by atoms with Crippen molar-refractivity contribution in [1.29, 1.82) is 0 Å². The molecular weight excluding hydrogens is 310 g/mol. The summed E-state index contributed by atoms with van der Waals surface area (Å²) in [7, 11) is 0. The maximum Gasteiger partial charge on any atom is 0.234 e. The molecule has 2 fully saturated rings. The van der Waals surface area contributed by atoms with Gasteiger partial charge in [0, 0.05) is 19.6 Å². The second-order valence-corrected chi connectivity index (χ2v) is 6.72. The Morgan fingerprint density at radius 3 is 3.00 bits per heavy atom. The summed E-state index contributed by atoms with van der Waals surface area (Å²) in [6, 6.07) is 3.61. The van der Waals surface area contributed by atoms with E-state index in [9.17, 15) is 9.59 Å². The van der Waals surface area contributed by atoms with Gasteiger partial charge >= 0.3 is 0 Å². The Balaban J connectivity index is 1.51. The first-order valence-electron chi connectivity index (χ1n) is 8.55. The van der Waals surface area contributed by atoms with Gasteiger partial charge in [-0.3, -0.25) is 14.5 Å². The van der Waals surface area contributed by atoms with E-state index < -0.39 is 0 Å². The lowest BCUT2D eigenvalue weighted by molar-refractivity contribution is -0.146. The maximum atomic E-state index is 12.7. The average Bonchev–Trinajstić information content (AvgIpc) is 3.21. The van der Waals surface area contributed by atoms with Crippen LogP contribution in [0.15, 0.2) is 22.8 Å². The summed E-state index contributed by atoms with van der Waals surface area (Å²) in [5.41, 5.74) is -0.366. The molecule has 1 spiro atoms. The van der Waals surface area contributed by atoms with E-state index in [0.29, 0.717) is 26.2 Å². The number of carbonyl (C=O) groups excluding carboxylic acids is 2. The van der Waals surface area contributed by atoms with Crippen LogP contribution in [0.2, 0.25) is 0 Å². The third-order valence-corrected chi connectivity index (χ3v) is 5.03. The minimum atomic E-state index is -0.366. The normalized spacial score (nSPS) is 24.7. The third kappa shape index (κ3) is 3.62. The molecule has 2 saturated heterocycles. The van der Waals surface area contributed by atoms with Crippen LogP contribution in [0.25, 0.3) is 0 Å². The Bertz CT molecular complexity index is 572. The Labute approximate surface area is 141 Å². The van der Waals surface area contributed by atoms with Crippen LogP contribution in [0.5, 0.6) is 0 Å². The van der Waals surface area contributed by atoms with Crippen molar-refractivity contribution in [2.24, 2.45) is 5.41 Å². The maximum absolute atomic E-state index is 12.7. The van der Waals surface area contributed by atoms with Crippen molar-refractivity contribution in [3.8, 4) is 0 Å². The molecule has 7 heteroatoms. The summed E-state index contributed by atoms with van der Waals surface area (Å²) >= 11 is 0. The van der Waals surface area contributed by atoms with Crippen molar-refractivity contribution in [3.05, 3.63) is 24.2 Å².